The third kappa shape index (κ3) is 3.36. The van der Waals surface area contributed by atoms with Gasteiger partial charge in [0, 0.05) is 24.2 Å². The number of hydrogen-bond acceptors (Lipinski definition) is 2. The molecular formula is C16H24F2N2. The van der Waals surface area contributed by atoms with Crippen molar-refractivity contribution >= 4 is 0 Å². The van der Waals surface area contributed by atoms with E-state index in [2.05, 4.69) is 17.1 Å². The molecule has 1 aliphatic carbocycles. The van der Waals surface area contributed by atoms with E-state index in [9.17, 15) is 8.78 Å². The van der Waals surface area contributed by atoms with Crippen LogP contribution in [0.5, 0.6) is 0 Å². The monoisotopic (exact) mass is 282 g/mol. The van der Waals surface area contributed by atoms with Crippen LogP contribution in [0.2, 0.25) is 0 Å². The van der Waals surface area contributed by atoms with E-state index in [4.69, 9.17) is 0 Å². The maximum Gasteiger partial charge on any atom is 0.163 e. The van der Waals surface area contributed by atoms with Crippen LogP contribution in [-0.4, -0.2) is 31.1 Å². The van der Waals surface area contributed by atoms with E-state index in [1.165, 1.54) is 31.7 Å². The zero-order chi connectivity index (χ0) is 14.5. The molecule has 1 saturated carbocycles. The summed E-state index contributed by atoms with van der Waals surface area (Å²) in [5.74, 6) is -1.50. The summed E-state index contributed by atoms with van der Waals surface area (Å²) in [6, 6.07) is 4.82. The van der Waals surface area contributed by atoms with E-state index < -0.39 is 11.6 Å². The first-order valence-electron chi connectivity index (χ1n) is 7.52. The lowest BCUT2D eigenvalue weighted by molar-refractivity contribution is 0.187. The Kier molecular flexibility index (Phi) is 5.49. The summed E-state index contributed by atoms with van der Waals surface area (Å²) < 4.78 is 27.3. The number of likely N-dealkylation sites (N-methyl/N-ethyl adjacent to an activating group) is 2. The molecule has 20 heavy (non-hydrogen) atoms. The number of rotatable bonds is 6. The van der Waals surface area contributed by atoms with Crippen molar-refractivity contribution < 1.29 is 8.78 Å². The van der Waals surface area contributed by atoms with Gasteiger partial charge < -0.3 is 5.32 Å². The predicted octanol–water partition coefficient (Wildman–Crippen LogP) is 3.49. The largest absolute Gasteiger partial charge is 0.312 e. The molecule has 1 unspecified atom stereocenters. The maximum absolute atomic E-state index is 13.9. The average molecular weight is 282 g/mol. The molecule has 1 aliphatic rings. The van der Waals surface area contributed by atoms with Crippen molar-refractivity contribution in [1.82, 2.24) is 10.2 Å². The number of halogens is 2. The molecule has 112 valence electrons. The zero-order valence-corrected chi connectivity index (χ0v) is 12.3. The summed E-state index contributed by atoms with van der Waals surface area (Å²) in [5.41, 5.74) is 0.420. The normalized spacial score (nSPS) is 17.9. The third-order valence-electron chi connectivity index (χ3n) is 4.37. The van der Waals surface area contributed by atoms with Crippen molar-refractivity contribution in [2.24, 2.45) is 0 Å². The van der Waals surface area contributed by atoms with Crippen LogP contribution in [0.3, 0.4) is 0 Å². The molecule has 1 N–H and O–H groups in total. The van der Waals surface area contributed by atoms with E-state index in [0.29, 0.717) is 11.6 Å². The van der Waals surface area contributed by atoms with E-state index >= 15 is 0 Å². The molecule has 0 amide bonds. The standard InChI is InChI=1S/C16H24F2N2/c1-3-20(12-7-4-5-8-12)11-15(19-2)13-9-6-10-14(17)16(13)18/h6,9-10,12,15,19H,3-5,7-8,11H2,1-2H3. The van der Waals surface area contributed by atoms with Gasteiger partial charge in [-0.2, -0.15) is 0 Å². The Hall–Kier alpha value is -1.00. The van der Waals surface area contributed by atoms with Gasteiger partial charge in [-0.05, 0) is 32.5 Å². The quantitative estimate of drug-likeness (QED) is 0.859. The second kappa shape index (κ2) is 7.14. The van der Waals surface area contributed by atoms with Crippen LogP contribution >= 0.6 is 0 Å². The molecule has 4 heteroatoms. The van der Waals surface area contributed by atoms with Gasteiger partial charge in [0.25, 0.3) is 0 Å². The summed E-state index contributed by atoms with van der Waals surface area (Å²) in [6.45, 7) is 3.80. The molecule has 0 spiro atoms. The lowest BCUT2D eigenvalue weighted by atomic mass is 10.0. The second-order valence-corrected chi connectivity index (χ2v) is 5.51. The van der Waals surface area contributed by atoms with E-state index in [0.717, 1.165) is 13.1 Å². The van der Waals surface area contributed by atoms with Gasteiger partial charge in [0.2, 0.25) is 0 Å². The van der Waals surface area contributed by atoms with Crippen LogP contribution in [-0.2, 0) is 0 Å². The van der Waals surface area contributed by atoms with Crippen molar-refractivity contribution in [2.75, 3.05) is 20.1 Å². The van der Waals surface area contributed by atoms with Crippen molar-refractivity contribution in [1.29, 1.82) is 0 Å². The van der Waals surface area contributed by atoms with Crippen molar-refractivity contribution in [2.45, 2.75) is 44.7 Å². The van der Waals surface area contributed by atoms with Gasteiger partial charge in [0.05, 0.1) is 0 Å². The van der Waals surface area contributed by atoms with Crippen LogP contribution in [0, 0.1) is 11.6 Å². The minimum Gasteiger partial charge on any atom is -0.312 e. The molecule has 1 atom stereocenters. The van der Waals surface area contributed by atoms with Gasteiger partial charge in [0.15, 0.2) is 11.6 Å². The second-order valence-electron chi connectivity index (χ2n) is 5.51. The van der Waals surface area contributed by atoms with E-state index in [-0.39, 0.29) is 6.04 Å². The lowest BCUT2D eigenvalue weighted by Gasteiger charge is -2.31. The highest BCUT2D eigenvalue weighted by molar-refractivity contribution is 5.23. The molecule has 2 nitrogen and oxygen atoms in total. The molecule has 0 saturated heterocycles. The minimum absolute atomic E-state index is 0.175. The summed E-state index contributed by atoms with van der Waals surface area (Å²) in [4.78, 5) is 2.39. The Morgan fingerprint density at radius 2 is 2.00 bits per heavy atom. The van der Waals surface area contributed by atoms with Gasteiger partial charge in [-0.3, -0.25) is 4.90 Å². The molecule has 2 rings (SSSR count). The van der Waals surface area contributed by atoms with E-state index in [1.807, 2.05) is 0 Å². The fraction of sp³-hybridized carbons (Fsp3) is 0.625. The minimum atomic E-state index is -0.772. The fourth-order valence-electron chi connectivity index (χ4n) is 3.18. The lowest BCUT2D eigenvalue weighted by Crippen LogP contribution is -2.39. The van der Waals surface area contributed by atoms with Gasteiger partial charge in [-0.15, -0.1) is 0 Å². The van der Waals surface area contributed by atoms with Crippen LogP contribution < -0.4 is 5.32 Å². The smallest absolute Gasteiger partial charge is 0.163 e. The molecule has 0 heterocycles. The number of nitrogens with one attached hydrogen (secondary N) is 1. The summed E-state index contributed by atoms with van der Waals surface area (Å²) in [6.07, 6.45) is 4.99. The SMILES string of the molecule is CCN(CC(NC)c1cccc(F)c1F)C1CCCC1. The van der Waals surface area contributed by atoms with Crippen LogP contribution in [0.4, 0.5) is 8.78 Å². The summed E-state index contributed by atoms with van der Waals surface area (Å²) >= 11 is 0. The average Bonchev–Trinajstić information content (AvgIpc) is 2.98. The Balaban J connectivity index is 2.12. The number of benzene rings is 1. The number of hydrogen-bond donors (Lipinski definition) is 1. The molecule has 0 bridgehead atoms. The Morgan fingerprint density at radius 3 is 2.60 bits per heavy atom. The highest BCUT2D eigenvalue weighted by Crippen LogP contribution is 2.26. The molecular weight excluding hydrogens is 258 g/mol. The van der Waals surface area contributed by atoms with Crippen LogP contribution in [0.15, 0.2) is 18.2 Å². The number of nitrogens with zero attached hydrogens (tertiary/aromatic N) is 1. The Morgan fingerprint density at radius 1 is 1.30 bits per heavy atom. The first-order chi connectivity index (χ1) is 9.67. The van der Waals surface area contributed by atoms with Crippen molar-refractivity contribution in [3.05, 3.63) is 35.4 Å². The van der Waals surface area contributed by atoms with Crippen LogP contribution in [0.25, 0.3) is 0 Å². The summed E-state index contributed by atoms with van der Waals surface area (Å²) in [5, 5.41) is 3.13. The fourth-order valence-corrected chi connectivity index (χ4v) is 3.18. The predicted molar refractivity (Wildman–Crippen MR) is 77.7 cm³/mol. The zero-order valence-electron chi connectivity index (χ0n) is 12.3. The van der Waals surface area contributed by atoms with Gasteiger partial charge in [-0.25, -0.2) is 8.78 Å². The topological polar surface area (TPSA) is 15.3 Å². The summed E-state index contributed by atoms with van der Waals surface area (Å²) in [7, 11) is 1.80. The van der Waals surface area contributed by atoms with Crippen molar-refractivity contribution in [3.8, 4) is 0 Å². The Bertz CT molecular complexity index is 430. The highest BCUT2D eigenvalue weighted by Gasteiger charge is 2.25. The first kappa shape index (κ1) is 15.4. The van der Waals surface area contributed by atoms with Gasteiger partial charge in [-0.1, -0.05) is 31.9 Å². The highest BCUT2D eigenvalue weighted by atomic mass is 19.2. The third-order valence-corrected chi connectivity index (χ3v) is 4.37. The molecule has 0 aliphatic heterocycles. The molecule has 0 aromatic heterocycles. The molecule has 1 aromatic carbocycles. The first-order valence-corrected chi connectivity index (χ1v) is 7.52. The van der Waals surface area contributed by atoms with Gasteiger partial charge >= 0.3 is 0 Å². The van der Waals surface area contributed by atoms with Crippen molar-refractivity contribution in [3.63, 3.8) is 0 Å². The molecule has 1 fully saturated rings. The van der Waals surface area contributed by atoms with E-state index in [1.54, 1.807) is 19.2 Å². The van der Waals surface area contributed by atoms with Crippen LogP contribution in [0.1, 0.15) is 44.2 Å². The Labute approximate surface area is 120 Å². The molecule has 0 radical (unpaired) electrons. The molecule has 1 aromatic rings. The maximum atomic E-state index is 13.9. The van der Waals surface area contributed by atoms with Gasteiger partial charge in [0.1, 0.15) is 0 Å².